The molecule has 1 aliphatic heterocycles. The number of aryl methyl sites for hydroxylation is 1. The Morgan fingerprint density at radius 3 is 2.46 bits per heavy atom. The number of amides is 1. The zero-order valence-electron chi connectivity index (χ0n) is 20.6. The fraction of sp³-hybridized carbons (Fsp3) is 0.370. The number of hydrogen-bond donors (Lipinski definition) is 3. The van der Waals surface area contributed by atoms with Gasteiger partial charge in [0.2, 0.25) is 5.91 Å². The Bertz CT molecular complexity index is 1180. The number of carboxylic acid groups (broad SMARTS) is 1. The third-order valence-corrected chi connectivity index (χ3v) is 7.24. The van der Waals surface area contributed by atoms with Crippen LogP contribution in [0.5, 0.6) is 0 Å². The summed E-state index contributed by atoms with van der Waals surface area (Å²) >= 11 is 1.63. The van der Waals surface area contributed by atoms with Crippen LogP contribution >= 0.6 is 11.8 Å². The van der Waals surface area contributed by atoms with Crippen molar-refractivity contribution < 1.29 is 29.3 Å². The number of aliphatic hydroxyl groups excluding tert-OH is 1. The number of hydrogen-bond acceptors (Lipinski definition) is 7. The Labute approximate surface area is 219 Å². The predicted molar refractivity (Wildman–Crippen MR) is 139 cm³/mol. The summed E-state index contributed by atoms with van der Waals surface area (Å²) in [5, 5.41) is 21.8. The lowest BCUT2D eigenvalue weighted by Crippen LogP contribution is -2.31. The van der Waals surface area contributed by atoms with Crippen molar-refractivity contribution in [2.75, 3.05) is 11.1 Å². The second kappa shape index (κ2) is 12.9. The lowest BCUT2D eigenvalue weighted by Gasteiger charge is -2.36. The van der Waals surface area contributed by atoms with Gasteiger partial charge in [-0.25, -0.2) is 4.98 Å². The van der Waals surface area contributed by atoms with E-state index in [-0.39, 0.29) is 37.6 Å². The van der Waals surface area contributed by atoms with E-state index in [0.717, 1.165) is 21.8 Å². The van der Waals surface area contributed by atoms with Crippen LogP contribution in [0, 0.1) is 0 Å². The zero-order valence-corrected chi connectivity index (χ0v) is 21.4. The Balaban J connectivity index is 1.44. The van der Waals surface area contributed by atoms with Crippen LogP contribution in [0.2, 0.25) is 0 Å². The zero-order chi connectivity index (χ0) is 26.2. The van der Waals surface area contributed by atoms with Crippen molar-refractivity contribution in [3.63, 3.8) is 0 Å². The van der Waals surface area contributed by atoms with Crippen molar-refractivity contribution in [2.45, 2.75) is 55.9 Å². The number of aliphatic hydroxyl groups is 1. The highest BCUT2D eigenvalue weighted by atomic mass is 32.2. The molecule has 3 atom stereocenters. The highest BCUT2D eigenvalue weighted by molar-refractivity contribution is 7.99. The van der Waals surface area contributed by atoms with Gasteiger partial charge in [0.1, 0.15) is 0 Å². The molecular weight excluding hydrogens is 494 g/mol. The summed E-state index contributed by atoms with van der Waals surface area (Å²) in [6.07, 6.45) is 3.90. The van der Waals surface area contributed by atoms with E-state index in [1.807, 2.05) is 54.2 Å². The topological polar surface area (TPSA) is 123 Å². The maximum absolute atomic E-state index is 12.1. The molecule has 0 radical (unpaired) electrons. The van der Waals surface area contributed by atoms with Crippen molar-refractivity contribution in [1.82, 2.24) is 9.55 Å². The van der Waals surface area contributed by atoms with Gasteiger partial charge in [0.15, 0.2) is 11.4 Å². The van der Waals surface area contributed by atoms with E-state index in [2.05, 4.69) is 10.3 Å². The van der Waals surface area contributed by atoms with Gasteiger partial charge in [-0.15, -0.1) is 0 Å². The molecular formula is C27H31N3O6S. The van der Waals surface area contributed by atoms with Crippen molar-refractivity contribution in [3.8, 4) is 0 Å². The normalized spacial score (nSPS) is 19.5. The lowest BCUT2D eigenvalue weighted by molar-refractivity contribution is -0.245. The van der Waals surface area contributed by atoms with Gasteiger partial charge in [0.25, 0.3) is 0 Å². The molecule has 3 unspecified atom stereocenters. The number of nitrogens with one attached hydrogen (secondary N) is 1. The average Bonchev–Trinajstić information content (AvgIpc) is 3.32. The van der Waals surface area contributed by atoms with Crippen molar-refractivity contribution in [2.24, 2.45) is 7.05 Å². The third kappa shape index (κ3) is 7.65. The lowest BCUT2D eigenvalue weighted by atomic mass is 10.0. The van der Waals surface area contributed by atoms with E-state index in [4.69, 9.17) is 14.6 Å². The first-order valence-electron chi connectivity index (χ1n) is 12.1. The van der Waals surface area contributed by atoms with Gasteiger partial charge < -0.3 is 29.6 Å². The third-order valence-electron chi connectivity index (χ3n) is 6.05. The minimum Gasteiger partial charge on any atom is -0.481 e. The molecule has 3 N–H and O–H groups in total. The number of aliphatic carboxylic acids is 1. The largest absolute Gasteiger partial charge is 0.481 e. The van der Waals surface area contributed by atoms with Gasteiger partial charge in [-0.2, -0.15) is 0 Å². The maximum atomic E-state index is 12.1. The summed E-state index contributed by atoms with van der Waals surface area (Å²) in [5.41, 5.74) is 3.31. The van der Waals surface area contributed by atoms with Crippen LogP contribution in [0.4, 0.5) is 5.69 Å². The number of nitrogens with zero attached hydrogens (tertiary/aromatic N) is 2. The molecule has 196 valence electrons. The minimum absolute atomic E-state index is 0.0110. The number of carbonyl (C=O) groups excluding carboxylic acids is 1. The van der Waals surface area contributed by atoms with E-state index in [0.29, 0.717) is 24.3 Å². The molecule has 0 spiro atoms. The molecule has 1 aromatic heterocycles. The van der Waals surface area contributed by atoms with E-state index < -0.39 is 12.3 Å². The first-order valence-corrected chi connectivity index (χ1v) is 13.1. The number of carbonyl (C=O) groups is 2. The number of anilines is 1. The van der Waals surface area contributed by atoms with Gasteiger partial charge in [0, 0.05) is 55.7 Å². The Hall–Kier alpha value is -3.18. The van der Waals surface area contributed by atoms with Gasteiger partial charge in [-0.05, 0) is 29.7 Å². The van der Waals surface area contributed by atoms with Crippen molar-refractivity contribution in [1.29, 1.82) is 0 Å². The monoisotopic (exact) mass is 525 g/mol. The number of imidazole rings is 1. The van der Waals surface area contributed by atoms with Gasteiger partial charge >= 0.3 is 5.97 Å². The summed E-state index contributed by atoms with van der Waals surface area (Å²) in [6.45, 7) is -0.0110. The second-order valence-electron chi connectivity index (χ2n) is 8.90. The predicted octanol–water partition coefficient (Wildman–Crippen LogP) is 4.44. The maximum Gasteiger partial charge on any atom is 0.303 e. The molecule has 2 heterocycles. The molecule has 9 nitrogen and oxygen atoms in total. The molecule has 4 rings (SSSR count). The molecule has 0 saturated carbocycles. The number of ether oxygens (including phenoxy) is 2. The average molecular weight is 526 g/mol. The highest BCUT2D eigenvalue weighted by Gasteiger charge is 2.32. The van der Waals surface area contributed by atoms with Crippen LogP contribution in [0.15, 0.2) is 66.1 Å². The van der Waals surface area contributed by atoms with E-state index >= 15 is 0 Å². The Kier molecular flexibility index (Phi) is 9.34. The van der Waals surface area contributed by atoms with Crippen LogP contribution in [0.25, 0.3) is 0 Å². The van der Waals surface area contributed by atoms with E-state index in [1.165, 1.54) is 0 Å². The van der Waals surface area contributed by atoms with Crippen LogP contribution in [0.1, 0.15) is 54.8 Å². The van der Waals surface area contributed by atoms with E-state index in [9.17, 15) is 14.7 Å². The summed E-state index contributed by atoms with van der Waals surface area (Å²) < 4.78 is 14.7. The highest BCUT2D eigenvalue weighted by Crippen LogP contribution is 2.39. The summed E-state index contributed by atoms with van der Waals surface area (Å²) in [6, 6.07) is 15.0. The van der Waals surface area contributed by atoms with Crippen molar-refractivity contribution >= 4 is 29.3 Å². The summed E-state index contributed by atoms with van der Waals surface area (Å²) in [7, 11) is 1.96. The molecule has 37 heavy (non-hydrogen) atoms. The number of aromatic nitrogens is 2. The Morgan fingerprint density at radius 2 is 1.81 bits per heavy atom. The Morgan fingerprint density at radius 1 is 1.08 bits per heavy atom. The SMILES string of the molecule is Cn1ccnc1SCC1CC(c2ccc(CO)cc2)OC(c2ccc(NC(=O)CCCC(=O)O)cc2)O1. The smallest absolute Gasteiger partial charge is 0.303 e. The van der Waals surface area contributed by atoms with Crippen LogP contribution in [-0.2, 0) is 32.7 Å². The fourth-order valence-corrected chi connectivity index (χ4v) is 4.98. The molecule has 3 aromatic rings. The summed E-state index contributed by atoms with van der Waals surface area (Å²) in [4.78, 5) is 27.1. The molecule has 1 saturated heterocycles. The van der Waals surface area contributed by atoms with Gasteiger partial charge in [-0.1, -0.05) is 48.2 Å². The molecule has 2 aromatic carbocycles. The molecule has 10 heteroatoms. The van der Waals surface area contributed by atoms with Crippen LogP contribution in [0.3, 0.4) is 0 Å². The van der Waals surface area contributed by atoms with Crippen LogP contribution < -0.4 is 5.32 Å². The first-order chi connectivity index (χ1) is 17.9. The van der Waals surface area contributed by atoms with Gasteiger partial charge in [-0.3, -0.25) is 9.59 Å². The second-order valence-corrected chi connectivity index (χ2v) is 9.89. The van der Waals surface area contributed by atoms with Crippen molar-refractivity contribution in [3.05, 3.63) is 77.6 Å². The number of benzene rings is 2. The quantitative estimate of drug-likeness (QED) is 0.314. The minimum atomic E-state index is -0.913. The fourth-order valence-electron chi connectivity index (χ4n) is 4.03. The number of carboxylic acids is 1. The molecule has 1 amide bonds. The molecule has 1 aliphatic rings. The molecule has 0 aliphatic carbocycles. The number of thioether (sulfide) groups is 1. The molecule has 1 fully saturated rings. The van der Waals surface area contributed by atoms with E-state index in [1.54, 1.807) is 30.1 Å². The molecule has 0 bridgehead atoms. The summed E-state index contributed by atoms with van der Waals surface area (Å²) in [5.74, 6) is -0.429. The van der Waals surface area contributed by atoms with Gasteiger partial charge in [0.05, 0.1) is 18.8 Å². The standard InChI is InChI=1S/C27H31N3O6S/c1-30-14-13-28-27(30)37-17-22-15-23(19-7-5-18(16-31)6-8-19)36-26(35-22)20-9-11-21(12-10-20)29-24(32)3-2-4-25(33)34/h5-14,22-23,26,31H,2-4,15-17H2,1H3,(H,29,32)(H,33,34). The number of rotatable bonds is 11. The van der Waals surface area contributed by atoms with Crippen LogP contribution in [-0.4, -0.2) is 43.5 Å². The first kappa shape index (κ1) is 26.9.